The quantitative estimate of drug-likeness (QED) is 0.576. The van der Waals surface area contributed by atoms with E-state index in [2.05, 4.69) is 5.32 Å². The van der Waals surface area contributed by atoms with E-state index in [1.807, 2.05) is 55.5 Å². The monoisotopic (exact) mass is 508 g/mol. The molecule has 0 radical (unpaired) electrons. The number of hydrogen-bond acceptors (Lipinski definition) is 6. The van der Waals surface area contributed by atoms with Crippen molar-refractivity contribution in [3.8, 4) is 17.2 Å². The Labute approximate surface area is 216 Å². The number of carbonyl (C=O) groups is 2. The summed E-state index contributed by atoms with van der Waals surface area (Å²) in [6, 6.07) is 13.2. The van der Waals surface area contributed by atoms with E-state index >= 15 is 0 Å². The molecule has 1 N–H and O–H groups in total. The third kappa shape index (κ3) is 5.33. The molecule has 1 saturated heterocycles. The van der Waals surface area contributed by atoms with Crippen LogP contribution in [0.25, 0.3) is 6.08 Å². The first kappa shape index (κ1) is 24.6. The minimum Gasteiger partial charge on any atom is -0.497 e. The second-order valence-corrected chi connectivity index (χ2v) is 10.7. The SMILES string of the molecule is COc1ccc(/C=C2\SC3CCCCC3N(CC(=O)NC(C)c3ccc4c(c3)OCCO4)C2=O)cc1. The summed E-state index contributed by atoms with van der Waals surface area (Å²) < 4.78 is 16.5. The first-order valence-electron chi connectivity index (χ1n) is 12.5. The standard InChI is InChI=1S/C28H32N2O5S/c1-18(20-9-12-23-24(16-20)35-14-13-34-23)29-27(31)17-30-22-5-3-4-6-25(22)36-26(28(30)32)15-19-7-10-21(33-2)11-8-19/h7-12,15-16,18,22,25H,3-6,13-14,17H2,1-2H3,(H,29,31)/b26-15-. The molecule has 2 aromatic carbocycles. The molecule has 3 atom stereocenters. The van der Waals surface area contributed by atoms with Crippen LogP contribution in [0, 0.1) is 0 Å². The van der Waals surface area contributed by atoms with Crippen LogP contribution in [0.15, 0.2) is 47.4 Å². The number of hydrogen-bond donors (Lipinski definition) is 1. The topological polar surface area (TPSA) is 77.1 Å². The molecule has 8 heteroatoms. The Bertz CT molecular complexity index is 1150. The Morgan fingerprint density at radius 1 is 1.14 bits per heavy atom. The summed E-state index contributed by atoms with van der Waals surface area (Å²) in [6.07, 6.45) is 6.15. The maximum absolute atomic E-state index is 13.6. The highest BCUT2D eigenvalue weighted by Crippen LogP contribution is 2.42. The molecule has 0 bridgehead atoms. The summed E-state index contributed by atoms with van der Waals surface area (Å²) in [6.45, 7) is 3.05. The van der Waals surface area contributed by atoms with Gasteiger partial charge in [0.25, 0.3) is 5.91 Å². The van der Waals surface area contributed by atoms with Crippen molar-refractivity contribution >= 4 is 29.7 Å². The molecule has 2 aromatic rings. The molecule has 0 spiro atoms. The van der Waals surface area contributed by atoms with Crippen molar-refractivity contribution in [3.05, 3.63) is 58.5 Å². The third-order valence-electron chi connectivity index (χ3n) is 6.99. The van der Waals surface area contributed by atoms with Crippen molar-refractivity contribution in [1.29, 1.82) is 0 Å². The molecule has 2 fully saturated rings. The number of amides is 2. The molecule has 36 heavy (non-hydrogen) atoms. The fourth-order valence-corrected chi connectivity index (χ4v) is 6.54. The molecule has 2 amide bonds. The predicted molar refractivity (Wildman–Crippen MR) is 140 cm³/mol. The van der Waals surface area contributed by atoms with E-state index in [1.54, 1.807) is 23.8 Å². The number of benzene rings is 2. The molecule has 190 valence electrons. The first-order chi connectivity index (χ1) is 17.5. The van der Waals surface area contributed by atoms with Crippen molar-refractivity contribution in [2.45, 2.75) is 49.9 Å². The highest BCUT2D eigenvalue weighted by Gasteiger charge is 2.41. The van der Waals surface area contributed by atoms with Crippen LogP contribution in [0.5, 0.6) is 17.2 Å². The largest absolute Gasteiger partial charge is 0.497 e. The average molecular weight is 509 g/mol. The minimum absolute atomic E-state index is 0.0510. The number of nitrogens with one attached hydrogen (secondary N) is 1. The molecular formula is C28H32N2O5S. The molecule has 5 rings (SSSR count). The van der Waals surface area contributed by atoms with E-state index in [-0.39, 0.29) is 30.4 Å². The van der Waals surface area contributed by atoms with Crippen LogP contribution in [0.2, 0.25) is 0 Å². The maximum Gasteiger partial charge on any atom is 0.261 e. The van der Waals surface area contributed by atoms with Gasteiger partial charge in [-0.2, -0.15) is 0 Å². The Morgan fingerprint density at radius 2 is 1.89 bits per heavy atom. The number of thioether (sulfide) groups is 1. The summed E-state index contributed by atoms with van der Waals surface area (Å²) in [5.41, 5.74) is 1.88. The summed E-state index contributed by atoms with van der Waals surface area (Å²) in [5.74, 6) is 1.96. The van der Waals surface area contributed by atoms with Crippen LogP contribution in [-0.4, -0.2) is 54.9 Å². The third-order valence-corrected chi connectivity index (χ3v) is 8.39. The highest BCUT2D eigenvalue weighted by molar-refractivity contribution is 8.04. The summed E-state index contributed by atoms with van der Waals surface area (Å²) in [5, 5.41) is 3.38. The lowest BCUT2D eigenvalue weighted by atomic mass is 9.93. The van der Waals surface area contributed by atoms with Gasteiger partial charge in [0.1, 0.15) is 25.5 Å². The van der Waals surface area contributed by atoms with Crippen LogP contribution in [-0.2, 0) is 9.59 Å². The molecule has 2 heterocycles. The molecule has 7 nitrogen and oxygen atoms in total. The van der Waals surface area contributed by atoms with Crippen molar-refractivity contribution < 1.29 is 23.8 Å². The van der Waals surface area contributed by atoms with Crippen LogP contribution in [0.1, 0.15) is 49.8 Å². The van der Waals surface area contributed by atoms with Crippen molar-refractivity contribution in [2.75, 3.05) is 26.9 Å². The summed E-state index contributed by atoms with van der Waals surface area (Å²) in [4.78, 5) is 29.2. The van der Waals surface area contributed by atoms with Gasteiger partial charge in [0.2, 0.25) is 5.91 Å². The fourth-order valence-electron chi connectivity index (χ4n) is 5.07. The number of nitrogens with zero attached hydrogens (tertiary/aromatic N) is 1. The zero-order valence-electron chi connectivity index (χ0n) is 20.7. The number of methoxy groups -OCH3 is 1. The lowest BCUT2D eigenvalue weighted by Crippen LogP contribution is -2.54. The lowest BCUT2D eigenvalue weighted by molar-refractivity contribution is -0.135. The zero-order valence-corrected chi connectivity index (χ0v) is 21.5. The number of rotatable bonds is 6. The van der Waals surface area contributed by atoms with Gasteiger partial charge >= 0.3 is 0 Å². The van der Waals surface area contributed by atoms with E-state index in [9.17, 15) is 9.59 Å². The highest BCUT2D eigenvalue weighted by atomic mass is 32.2. The fraction of sp³-hybridized carbons (Fsp3) is 0.429. The smallest absolute Gasteiger partial charge is 0.261 e. The van der Waals surface area contributed by atoms with Gasteiger partial charge in [0.15, 0.2) is 11.5 Å². The zero-order chi connectivity index (χ0) is 25.1. The van der Waals surface area contributed by atoms with Crippen LogP contribution in [0.4, 0.5) is 0 Å². The minimum atomic E-state index is -0.223. The molecule has 1 saturated carbocycles. The van der Waals surface area contributed by atoms with Crippen molar-refractivity contribution in [1.82, 2.24) is 10.2 Å². The number of fused-ring (bicyclic) bond motifs is 2. The average Bonchev–Trinajstić information content (AvgIpc) is 2.91. The first-order valence-corrected chi connectivity index (χ1v) is 13.4. The number of carbonyl (C=O) groups excluding carboxylic acids is 2. The summed E-state index contributed by atoms with van der Waals surface area (Å²) >= 11 is 1.66. The molecule has 2 aliphatic heterocycles. The van der Waals surface area contributed by atoms with Crippen molar-refractivity contribution in [2.24, 2.45) is 0 Å². The number of ether oxygens (including phenoxy) is 3. The maximum atomic E-state index is 13.6. The van der Waals surface area contributed by atoms with Gasteiger partial charge in [-0.05, 0) is 61.2 Å². The second-order valence-electron chi connectivity index (χ2n) is 9.42. The lowest BCUT2D eigenvalue weighted by Gasteiger charge is -2.44. The second kappa shape index (κ2) is 10.9. The molecule has 0 aromatic heterocycles. The Balaban J connectivity index is 1.30. The van der Waals surface area contributed by atoms with Gasteiger partial charge in [-0.15, -0.1) is 11.8 Å². The Hall–Kier alpha value is -3.13. The van der Waals surface area contributed by atoms with Crippen LogP contribution < -0.4 is 19.5 Å². The normalized spacial score (nSPS) is 23.1. The van der Waals surface area contributed by atoms with E-state index in [0.29, 0.717) is 29.1 Å². The van der Waals surface area contributed by atoms with Gasteiger partial charge in [0, 0.05) is 11.3 Å². The predicted octanol–water partition coefficient (Wildman–Crippen LogP) is 4.57. The summed E-state index contributed by atoms with van der Waals surface area (Å²) in [7, 11) is 1.63. The van der Waals surface area contributed by atoms with E-state index in [0.717, 1.165) is 48.3 Å². The van der Waals surface area contributed by atoms with Gasteiger partial charge < -0.3 is 24.4 Å². The van der Waals surface area contributed by atoms with Gasteiger partial charge in [-0.1, -0.05) is 31.0 Å². The molecule has 3 unspecified atom stereocenters. The van der Waals surface area contributed by atoms with Crippen LogP contribution in [0.3, 0.4) is 0 Å². The van der Waals surface area contributed by atoms with Gasteiger partial charge in [0.05, 0.1) is 18.1 Å². The van der Waals surface area contributed by atoms with E-state index in [4.69, 9.17) is 14.2 Å². The van der Waals surface area contributed by atoms with Gasteiger partial charge in [-0.3, -0.25) is 9.59 Å². The van der Waals surface area contributed by atoms with Crippen molar-refractivity contribution in [3.63, 3.8) is 0 Å². The van der Waals surface area contributed by atoms with Gasteiger partial charge in [-0.25, -0.2) is 0 Å². The molecule has 1 aliphatic carbocycles. The Morgan fingerprint density at radius 3 is 2.67 bits per heavy atom. The Kier molecular flexibility index (Phi) is 7.41. The molecular weight excluding hydrogens is 476 g/mol. The van der Waals surface area contributed by atoms with E-state index < -0.39 is 0 Å². The molecule has 3 aliphatic rings. The van der Waals surface area contributed by atoms with Crippen LogP contribution >= 0.6 is 11.8 Å². The van der Waals surface area contributed by atoms with E-state index in [1.165, 1.54) is 0 Å².